The van der Waals surface area contributed by atoms with Crippen LogP contribution in [0, 0.1) is 5.92 Å². The molecule has 2 atom stereocenters. The summed E-state index contributed by atoms with van der Waals surface area (Å²) < 4.78 is 25.9. The van der Waals surface area contributed by atoms with Crippen LogP contribution < -0.4 is 0 Å². The largest absolute Gasteiger partial charge is 0.299 e. The summed E-state index contributed by atoms with van der Waals surface area (Å²) in [4.78, 5) is 31.0. The first-order chi connectivity index (χ1) is 15.0. The van der Waals surface area contributed by atoms with Gasteiger partial charge in [-0.15, -0.1) is 0 Å². The number of rotatable bonds is 3. The number of fused-ring (bicyclic) bond motifs is 1. The zero-order chi connectivity index (χ0) is 21.6. The first-order valence-electron chi connectivity index (χ1n) is 10.7. The average Bonchev–Trinajstić information content (AvgIpc) is 2.79. The minimum atomic E-state index is -3.62. The van der Waals surface area contributed by atoms with Gasteiger partial charge in [-0.05, 0) is 55.5 Å². The first-order valence-corrected chi connectivity index (χ1v) is 12.2. The van der Waals surface area contributed by atoms with Crippen LogP contribution in [0.5, 0.6) is 0 Å². The molecule has 1 saturated carbocycles. The molecule has 31 heavy (non-hydrogen) atoms. The van der Waals surface area contributed by atoms with Crippen molar-refractivity contribution in [2.24, 2.45) is 10.9 Å². The number of ketones is 2. The standard InChI is InChI=1S/C25H23NO4S/c27-21-10-4-8-19-24(21)23(25-20(26-19)9-5-11-22(25)28)16-12-14-18(15-13-16)31(29,30)17-6-2-1-3-7-17/h1-3,6-7,12-15,23-24H,4-5,8-11H2. The van der Waals surface area contributed by atoms with Crippen LogP contribution in [-0.4, -0.2) is 25.7 Å². The van der Waals surface area contributed by atoms with Gasteiger partial charge in [0.15, 0.2) is 5.78 Å². The molecule has 0 N–H and O–H groups in total. The van der Waals surface area contributed by atoms with Crippen LogP contribution in [0.1, 0.15) is 50.0 Å². The molecular formula is C25H23NO4S. The van der Waals surface area contributed by atoms with E-state index in [9.17, 15) is 18.0 Å². The molecule has 0 radical (unpaired) electrons. The summed E-state index contributed by atoms with van der Waals surface area (Å²) in [5.74, 6) is -0.586. The van der Waals surface area contributed by atoms with E-state index in [2.05, 4.69) is 0 Å². The molecule has 0 bridgehead atoms. The van der Waals surface area contributed by atoms with Crippen LogP contribution >= 0.6 is 0 Å². The van der Waals surface area contributed by atoms with Gasteiger partial charge < -0.3 is 0 Å². The molecule has 5 nitrogen and oxygen atoms in total. The van der Waals surface area contributed by atoms with Gasteiger partial charge in [0, 0.05) is 35.7 Å². The minimum absolute atomic E-state index is 0.0633. The second kappa shape index (κ2) is 7.68. The lowest BCUT2D eigenvalue weighted by Crippen LogP contribution is -2.39. The molecule has 2 aromatic carbocycles. The first kappa shape index (κ1) is 20.1. The highest BCUT2D eigenvalue weighted by atomic mass is 32.2. The smallest absolute Gasteiger partial charge is 0.206 e. The van der Waals surface area contributed by atoms with Gasteiger partial charge in [-0.1, -0.05) is 30.3 Å². The van der Waals surface area contributed by atoms with E-state index in [1.165, 1.54) is 0 Å². The van der Waals surface area contributed by atoms with Gasteiger partial charge in [-0.2, -0.15) is 0 Å². The predicted molar refractivity (Wildman–Crippen MR) is 117 cm³/mol. The number of aliphatic imine (C=N–C) groups is 1. The van der Waals surface area contributed by atoms with Gasteiger partial charge in [0.2, 0.25) is 9.84 Å². The normalized spacial score (nSPS) is 23.8. The lowest BCUT2D eigenvalue weighted by atomic mass is 9.67. The Hall–Kier alpha value is -2.86. The number of sulfone groups is 1. The molecule has 0 saturated heterocycles. The third kappa shape index (κ3) is 3.39. The van der Waals surface area contributed by atoms with E-state index < -0.39 is 15.8 Å². The number of hydrogen-bond donors (Lipinski definition) is 0. The van der Waals surface area contributed by atoms with E-state index in [1.807, 2.05) is 0 Å². The maximum atomic E-state index is 12.9. The maximum Gasteiger partial charge on any atom is 0.206 e. The number of nitrogens with zero attached hydrogens (tertiary/aromatic N) is 1. The summed E-state index contributed by atoms with van der Waals surface area (Å²) in [5, 5.41) is 0. The Bertz CT molecular complexity index is 1220. The molecule has 1 aliphatic heterocycles. The topological polar surface area (TPSA) is 80.6 Å². The van der Waals surface area contributed by atoms with E-state index >= 15 is 0 Å². The van der Waals surface area contributed by atoms with Gasteiger partial charge in [0.25, 0.3) is 0 Å². The van der Waals surface area contributed by atoms with E-state index in [0.717, 1.165) is 42.7 Å². The fourth-order valence-electron chi connectivity index (χ4n) is 5.05. The molecule has 0 amide bonds. The highest BCUT2D eigenvalue weighted by Crippen LogP contribution is 2.46. The Morgan fingerprint density at radius 3 is 2.16 bits per heavy atom. The summed E-state index contributed by atoms with van der Waals surface area (Å²) >= 11 is 0. The molecular weight excluding hydrogens is 410 g/mol. The van der Waals surface area contributed by atoms with Crippen molar-refractivity contribution in [3.05, 3.63) is 71.4 Å². The van der Waals surface area contributed by atoms with Crippen LogP contribution in [0.2, 0.25) is 0 Å². The summed E-state index contributed by atoms with van der Waals surface area (Å²) in [6, 6.07) is 15.0. The average molecular weight is 434 g/mol. The van der Waals surface area contributed by atoms with Crippen molar-refractivity contribution >= 4 is 27.1 Å². The summed E-state index contributed by atoms with van der Waals surface area (Å²) in [6.07, 6.45) is 4.08. The molecule has 2 unspecified atom stereocenters. The molecule has 0 aromatic heterocycles. The van der Waals surface area contributed by atoms with Crippen LogP contribution in [0.4, 0.5) is 0 Å². The molecule has 2 aromatic rings. The highest BCUT2D eigenvalue weighted by molar-refractivity contribution is 7.91. The fourth-order valence-corrected chi connectivity index (χ4v) is 6.33. The summed E-state index contributed by atoms with van der Waals surface area (Å²) in [7, 11) is -3.62. The van der Waals surface area contributed by atoms with Gasteiger partial charge in [0.1, 0.15) is 5.78 Å². The molecule has 1 heterocycles. The van der Waals surface area contributed by atoms with E-state index in [-0.39, 0.29) is 27.3 Å². The lowest BCUT2D eigenvalue weighted by molar-refractivity contribution is -0.122. The Labute approximate surface area is 181 Å². The van der Waals surface area contributed by atoms with Crippen LogP contribution in [-0.2, 0) is 19.4 Å². The molecule has 3 aliphatic rings. The van der Waals surface area contributed by atoms with E-state index in [4.69, 9.17) is 4.99 Å². The third-order valence-corrected chi connectivity index (χ3v) is 8.30. The van der Waals surface area contributed by atoms with Crippen molar-refractivity contribution in [3.63, 3.8) is 0 Å². The van der Waals surface area contributed by atoms with Crippen molar-refractivity contribution in [2.45, 2.75) is 54.2 Å². The second-order valence-electron chi connectivity index (χ2n) is 8.40. The van der Waals surface area contributed by atoms with E-state index in [0.29, 0.717) is 18.4 Å². The fraction of sp³-hybridized carbons (Fsp3) is 0.320. The SMILES string of the molecule is O=C1CCCC2=C1C(c1ccc(S(=O)(=O)c3ccccc3)cc1)C1C(=O)CCCC1=N2. The summed E-state index contributed by atoms with van der Waals surface area (Å²) in [6.45, 7) is 0. The number of allylic oxidation sites excluding steroid dienone is 2. The number of Topliss-reactive ketones (excluding diaryl/α,β-unsaturated/α-hetero) is 2. The van der Waals surface area contributed by atoms with Crippen LogP contribution in [0.3, 0.4) is 0 Å². The predicted octanol–water partition coefficient (Wildman–Crippen LogP) is 4.43. The van der Waals surface area contributed by atoms with Crippen LogP contribution in [0.15, 0.2) is 80.7 Å². The number of benzene rings is 2. The van der Waals surface area contributed by atoms with Crippen LogP contribution in [0.25, 0.3) is 0 Å². The van der Waals surface area contributed by atoms with Crippen molar-refractivity contribution in [3.8, 4) is 0 Å². The quantitative estimate of drug-likeness (QED) is 0.717. The van der Waals surface area contributed by atoms with Crippen molar-refractivity contribution in [1.82, 2.24) is 0 Å². The van der Waals surface area contributed by atoms with Gasteiger partial charge in [-0.25, -0.2) is 8.42 Å². The van der Waals surface area contributed by atoms with Gasteiger partial charge in [0.05, 0.1) is 15.7 Å². The highest BCUT2D eigenvalue weighted by Gasteiger charge is 2.44. The Morgan fingerprint density at radius 2 is 1.42 bits per heavy atom. The van der Waals surface area contributed by atoms with Crippen molar-refractivity contribution in [2.75, 3.05) is 0 Å². The maximum absolute atomic E-state index is 12.9. The number of carbonyl (C=O) groups excluding carboxylic acids is 2. The Balaban J connectivity index is 1.58. The van der Waals surface area contributed by atoms with Gasteiger partial charge >= 0.3 is 0 Å². The number of carbonyl (C=O) groups is 2. The molecule has 158 valence electrons. The van der Waals surface area contributed by atoms with Crippen molar-refractivity contribution < 1.29 is 18.0 Å². The van der Waals surface area contributed by atoms with Gasteiger partial charge in [-0.3, -0.25) is 14.6 Å². The molecule has 1 fully saturated rings. The second-order valence-corrected chi connectivity index (χ2v) is 10.4. The van der Waals surface area contributed by atoms with E-state index in [1.54, 1.807) is 54.6 Å². The Morgan fingerprint density at radius 1 is 0.742 bits per heavy atom. The molecule has 5 rings (SSSR count). The zero-order valence-corrected chi connectivity index (χ0v) is 17.9. The number of hydrogen-bond acceptors (Lipinski definition) is 5. The lowest BCUT2D eigenvalue weighted by Gasteiger charge is -2.37. The zero-order valence-electron chi connectivity index (χ0n) is 17.1. The molecule has 0 spiro atoms. The third-order valence-electron chi connectivity index (χ3n) is 6.52. The molecule has 6 heteroatoms. The van der Waals surface area contributed by atoms with Crippen molar-refractivity contribution in [1.29, 1.82) is 0 Å². The summed E-state index contributed by atoms with van der Waals surface area (Å²) in [5.41, 5.74) is 3.18. The monoisotopic (exact) mass is 433 g/mol. The Kier molecular flexibility index (Phi) is 4.97. The molecule has 2 aliphatic carbocycles. The minimum Gasteiger partial charge on any atom is -0.299 e.